The number of hydrogen-bond acceptors (Lipinski definition) is 4. The molecule has 8 heteroatoms. The number of carbonyl (C=O) groups is 1. The molecular weight excluding hydrogens is 350 g/mol. The maximum atomic E-state index is 12.1. The number of amides is 1. The van der Waals surface area contributed by atoms with Crippen molar-refractivity contribution in [1.29, 1.82) is 0 Å². The molecule has 1 amide bonds. The standard InChI is InChI=1S/C12H7BrClN3O3/c13-11-8(2-1-3-9(11)17(19)20)12(18)16-7-4-5-15-10(14)6-7/h1-6H,(H,15,16,18). The molecule has 1 aromatic carbocycles. The van der Waals surface area contributed by atoms with E-state index in [0.717, 1.165) is 0 Å². The summed E-state index contributed by atoms with van der Waals surface area (Å²) in [7, 11) is 0. The van der Waals surface area contributed by atoms with E-state index in [0.29, 0.717) is 5.69 Å². The van der Waals surface area contributed by atoms with Gasteiger partial charge in [0.05, 0.1) is 10.5 Å². The van der Waals surface area contributed by atoms with Crippen LogP contribution in [0.5, 0.6) is 0 Å². The van der Waals surface area contributed by atoms with Crippen LogP contribution in [0.3, 0.4) is 0 Å². The number of benzene rings is 1. The average molecular weight is 357 g/mol. The van der Waals surface area contributed by atoms with Crippen molar-refractivity contribution in [3.05, 3.63) is 61.8 Å². The smallest absolute Gasteiger partial charge is 0.284 e. The Morgan fingerprint density at radius 3 is 2.80 bits per heavy atom. The van der Waals surface area contributed by atoms with Crippen molar-refractivity contribution >= 4 is 44.8 Å². The summed E-state index contributed by atoms with van der Waals surface area (Å²) in [6, 6.07) is 7.27. The van der Waals surface area contributed by atoms with E-state index >= 15 is 0 Å². The van der Waals surface area contributed by atoms with Gasteiger partial charge in [-0.2, -0.15) is 0 Å². The summed E-state index contributed by atoms with van der Waals surface area (Å²) in [5, 5.41) is 13.6. The number of carbonyl (C=O) groups excluding carboxylic acids is 1. The van der Waals surface area contributed by atoms with Crippen molar-refractivity contribution in [2.24, 2.45) is 0 Å². The van der Waals surface area contributed by atoms with Crippen LogP contribution in [0, 0.1) is 10.1 Å². The minimum atomic E-state index is -0.565. The molecule has 0 aliphatic heterocycles. The van der Waals surface area contributed by atoms with Crippen LogP contribution in [0.2, 0.25) is 5.15 Å². The number of rotatable bonds is 3. The molecule has 0 saturated heterocycles. The number of pyridine rings is 1. The predicted octanol–water partition coefficient (Wildman–Crippen LogP) is 3.66. The van der Waals surface area contributed by atoms with Gasteiger partial charge in [-0.1, -0.05) is 17.7 Å². The molecular formula is C12H7BrClN3O3. The normalized spacial score (nSPS) is 10.1. The van der Waals surface area contributed by atoms with Gasteiger partial charge in [0.1, 0.15) is 9.63 Å². The van der Waals surface area contributed by atoms with Gasteiger partial charge in [-0.05, 0) is 34.1 Å². The lowest BCUT2D eigenvalue weighted by Crippen LogP contribution is -2.13. The van der Waals surface area contributed by atoms with Crippen molar-refractivity contribution in [1.82, 2.24) is 4.98 Å². The van der Waals surface area contributed by atoms with Crippen molar-refractivity contribution in [2.75, 3.05) is 5.32 Å². The molecule has 2 rings (SSSR count). The third-order valence-electron chi connectivity index (χ3n) is 2.40. The van der Waals surface area contributed by atoms with Gasteiger partial charge < -0.3 is 5.32 Å². The van der Waals surface area contributed by atoms with Crippen molar-refractivity contribution in [3.8, 4) is 0 Å². The minimum absolute atomic E-state index is 0.127. The number of nitro groups is 1. The molecule has 0 aliphatic carbocycles. The second kappa shape index (κ2) is 5.98. The summed E-state index contributed by atoms with van der Waals surface area (Å²) < 4.78 is 0.127. The summed E-state index contributed by atoms with van der Waals surface area (Å²) in [5.74, 6) is -0.483. The third-order valence-corrected chi connectivity index (χ3v) is 3.44. The maximum Gasteiger partial charge on any atom is 0.284 e. The Hall–Kier alpha value is -1.99. The number of halogens is 2. The molecule has 0 aliphatic rings. The lowest BCUT2D eigenvalue weighted by Gasteiger charge is -2.07. The molecule has 0 bridgehead atoms. The molecule has 102 valence electrons. The van der Waals surface area contributed by atoms with Gasteiger partial charge in [0.15, 0.2) is 0 Å². The Morgan fingerprint density at radius 1 is 1.40 bits per heavy atom. The highest BCUT2D eigenvalue weighted by Gasteiger charge is 2.19. The maximum absolute atomic E-state index is 12.1. The summed E-state index contributed by atoms with van der Waals surface area (Å²) >= 11 is 8.78. The number of anilines is 1. The zero-order chi connectivity index (χ0) is 14.7. The van der Waals surface area contributed by atoms with Crippen molar-refractivity contribution in [2.45, 2.75) is 0 Å². The molecule has 1 aromatic heterocycles. The number of nitrogens with zero attached hydrogens (tertiary/aromatic N) is 2. The van der Waals surface area contributed by atoms with E-state index in [-0.39, 0.29) is 20.9 Å². The van der Waals surface area contributed by atoms with Gasteiger partial charge in [-0.25, -0.2) is 4.98 Å². The van der Waals surface area contributed by atoms with Crippen LogP contribution in [-0.2, 0) is 0 Å². The Morgan fingerprint density at radius 2 is 2.15 bits per heavy atom. The molecule has 0 radical (unpaired) electrons. The van der Waals surface area contributed by atoms with Gasteiger partial charge in [0.25, 0.3) is 11.6 Å². The van der Waals surface area contributed by atoms with Gasteiger partial charge >= 0.3 is 0 Å². The van der Waals surface area contributed by atoms with Crippen LogP contribution in [0.15, 0.2) is 41.0 Å². The van der Waals surface area contributed by atoms with E-state index in [1.54, 1.807) is 6.07 Å². The van der Waals surface area contributed by atoms with E-state index in [1.165, 1.54) is 30.5 Å². The summed E-state index contributed by atoms with van der Waals surface area (Å²) in [6.07, 6.45) is 1.44. The summed E-state index contributed by atoms with van der Waals surface area (Å²) in [6.45, 7) is 0. The van der Waals surface area contributed by atoms with Gasteiger partial charge in [0, 0.05) is 18.0 Å². The van der Waals surface area contributed by atoms with Crippen molar-refractivity contribution < 1.29 is 9.72 Å². The number of aromatic nitrogens is 1. The van der Waals surface area contributed by atoms with Gasteiger partial charge in [0.2, 0.25) is 0 Å². The van der Waals surface area contributed by atoms with Crippen LogP contribution < -0.4 is 5.32 Å². The highest BCUT2D eigenvalue weighted by atomic mass is 79.9. The van der Waals surface area contributed by atoms with Crippen LogP contribution in [-0.4, -0.2) is 15.8 Å². The van der Waals surface area contributed by atoms with Crippen LogP contribution in [0.25, 0.3) is 0 Å². The number of hydrogen-bond donors (Lipinski definition) is 1. The van der Waals surface area contributed by atoms with Gasteiger partial charge in [-0.15, -0.1) is 0 Å². The fourth-order valence-electron chi connectivity index (χ4n) is 1.51. The lowest BCUT2D eigenvalue weighted by atomic mass is 10.2. The van der Waals surface area contributed by atoms with E-state index in [2.05, 4.69) is 26.2 Å². The van der Waals surface area contributed by atoms with Crippen LogP contribution in [0.1, 0.15) is 10.4 Å². The molecule has 0 saturated carbocycles. The molecule has 2 aromatic rings. The van der Waals surface area contributed by atoms with E-state index < -0.39 is 10.8 Å². The van der Waals surface area contributed by atoms with E-state index in [9.17, 15) is 14.9 Å². The monoisotopic (exact) mass is 355 g/mol. The fourth-order valence-corrected chi connectivity index (χ4v) is 2.28. The Balaban J connectivity index is 2.30. The quantitative estimate of drug-likeness (QED) is 0.516. The van der Waals surface area contributed by atoms with Gasteiger partial charge in [-0.3, -0.25) is 14.9 Å². The number of nitro benzene ring substituents is 1. The minimum Gasteiger partial charge on any atom is -0.322 e. The molecule has 0 unspecified atom stereocenters. The molecule has 0 atom stereocenters. The second-order valence-electron chi connectivity index (χ2n) is 3.72. The van der Waals surface area contributed by atoms with Crippen molar-refractivity contribution in [3.63, 3.8) is 0 Å². The zero-order valence-corrected chi connectivity index (χ0v) is 12.2. The third kappa shape index (κ3) is 3.12. The van der Waals surface area contributed by atoms with Crippen LogP contribution >= 0.6 is 27.5 Å². The summed E-state index contributed by atoms with van der Waals surface area (Å²) in [5.41, 5.74) is 0.436. The predicted molar refractivity (Wildman–Crippen MR) is 78.0 cm³/mol. The molecule has 0 spiro atoms. The largest absolute Gasteiger partial charge is 0.322 e. The molecule has 20 heavy (non-hydrogen) atoms. The summed E-state index contributed by atoms with van der Waals surface area (Å²) in [4.78, 5) is 26.1. The molecule has 0 fully saturated rings. The Bertz CT molecular complexity index is 693. The first-order valence-electron chi connectivity index (χ1n) is 5.35. The molecule has 1 N–H and O–H groups in total. The first-order valence-corrected chi connectivity index (χ1v) is 6.52. The highest BCUT2D eigenvalue weighted by molar-refractivity contribution is 9.10. The fraction of sp³-hybridized carbons (Fsp3) is 0. The number of nitrogens with one attached hydrogen (secondary N) is 1. The highest BCUT2D eigenvalue weighted by Crippen LogP contribution is 2.28. The Kier molecular flexibility index (Phi) is 4.31. The second-order valence-corrected chi connectivity index (χ2v) is 4.90. The first-order chi connectivity index (χ1) is 9.49. The average Bonchev–Trinajstić information content (AvgIpc) is 2.38. The van der Waals surface area contributed by atoms with E-state index in [4.69, 9.17) is 11.6 Å². The lowest BCUT2D eigenvalue weighted by molar-refractivity contribution is -0.385. The van der Waals surface area contributed by atoms with Crippen LogP contribution in [0.4, 0.5) is 11.4 Å². The molecule has 1 heterocycles. The molecule has 6 nitrogen and oxygen atoms in total. The van der Waals surface area contributed by atoms with E-state index in [1.807, 2.05) is 0 Å². The zero-order valence-electron chi connectivity index (χ0n) is 9.84. The first kappa shape index (κ1) is 14.4. The SMILES string of the molecule is O=C(Nc1ccnc(Cl)c1)c1cccc([N+](=O)[O-])c1Br. The Labute approximate surface area is 127 Å². The topological polar surface area (TPSA) is 85.1 Å².